The van der Waals surface area contributed by atoms with E-state index in [2.05, 4.69) is 5.32 Å². The Morgan fingerprint density at radius 3 is 2.75 bits per heavy atom. The lowest BCUT2D eigenvalue weighted by Gasteiger charge is -2.27. The van der Waals surface area contributed by atoms with E-state index in [1.807, 2.05) is 6.07 Å². The highest BCUT2D eigenvalue weighted by molar-refractivity contribution is 6.04. The first kappa shape index (κ1) is 16.2. The molecule has 0 unspecified atom stereocenters. The zero-order chi connectivity index (χ0) is 17.1. The van der Waals surface area contributed by atoms with Gasteiger partial charge in [-0.1, -0.05) is 12.1 Å². The van der Waals surface area contributed by atoms with Crippen LogP contribution in [-0.2, 0) is 4.79 Å². The van der Waals surface area contributed by atoms with Crippen molar-refractivity contribution in [1.82, 2.24) is 0 Å². The quantitative estimate of drug-likeness (QED) is 0.930. The van der Waals surface area contributed by atoms with Crippen LogP contribution in [-0.4, -0.2) is 18.4 Å². The number of rotatable bonds is 3. The predicted molar refractivity (Wildman–Crippen MR) is 91.7 cm³/mol. The number of carbonyl (C=O) groups excluding carboxylic acids is 2. The van der Waals surface area contributed by atoms with Crippen molar-refractivity contribution in [3.8, 4) is 0 Å². The summed E-state index contributed by atoms with van der Waals surface area (Å²) >= 11 is 0. The van der Waals surface area contributed by atoms with Gasteiger partial charge in [0.05, 0.1) is 0 Å². The summed E-state index contributed by atoms with van der Waals surface area (Å²) in [6.07, 6.45) is 2.45. The minimum absolute atomic E-state index is 0.102. The maximum Gasteiger partial charge on any atom is 0.255 e. The molecule has 4 nitrogen and oxygen atoms in total. The molecule has 0 aromatic heterocycles. The molecule has 24 heavy (non-hydrogen) atoms. The van der Waals surface area contributed by atoms with E-state index in [1.54, 1.807) is 42.2 Å². The van der Waals surface area contributed by atoms with Gasteiger partial charge >= 0.3 is 0 Å². The Morgan fingerprint density at radius 2 is 2.00 bits per heavy atom. The Balaban J connectivity index is 1.77. The molecule has 2 aromatic rings. The minimum Gasteiger partial charge on any atom is -0.322 e. The summed E-state index contributed by atoms with van der Waals surface area (Å²) in [6.45, 7) is 2.34. The van der Waals surface area contributed by atoms with Gasteiger partial charge in [-0.15, -0.1) is 0 Å². The minimum atomic E-state index is -0.407. The Bertz CT molecular complexity index is 789. The van der Waals surface area contributed by atoms with Crippen molar-refractivity contribution in [2.24, 2.45) is 0 Å². The van der Waals surface area contributed by atoms with Gasteiger partial charge in [0.15, 0.2) is 0 Å². The molecule has 2 aromatic carbocycles. The Kier molecular flexibility index (Phi) is 4.60. The lowest BCUT2D eigenvalue weighted by molar-refractivity contribution is -0.119. The van der Waals surface area contributed by atoms with Crippen molar-refractivity contribution >= 4 is 23.2 Å². The van der Waals surface area contributed by atoms with Crippen LogP contribution in [0.2, 0.25) is 0 Å². The van der Waals surface area contributed by atoms with Crippen molar-refractivity contribution in [2.75, 3.05) is 16.8 Å². The zero-order valence-corrected chi connectivity index (χ0v) is 13.5. The van der Waals surface area contributed by atoms with Crippen LogP contribution in [0.15, 0.2) is 42.5 Å². The van der Waals surface area contributed by atoms with Crippen LogP contribution in [0, 0.1) is 12.7 Å². The summed E-state index contributed by atoms with van der Waals surface area (Å²) in [5.74, 6) is -0.684. The van der Waals surface area contributed by atoms with Gasteiger partial charge in [-0.2, -0.15) is 0 Å². The summed E-state index contributed by atoms with van der Waals surface area (Å²) in [7, 11) is 0. The molecule has 1 aliphatic rings. The second kappa shape index (κ2) is 6.83. The number of hydrogen-bond acceptors (Lipinski definition) is 2. The number of amides is 2. The van der Waals surface area contributed by atoms with E-state index in [4.69, 9.17) is 0 Å². The molecule has 0 saturated carbocycles. The van der Waals surface area contributed by atoms with Crippen LogP contribution in [0.1, 0.15) is 35.2 Å². The Morgan fingerprint density at radius 1 is 1.17 bits per heavy atom. The van der Waals surface area contributed by atoms with Gasteiger partial charge in [-0.25, -0.2) is 4.39 Å². The van der Waals surface area contributed by atoms with Crippen LogP contribution in [0.5, 0.6) is 0 Å². The van der Waals surface area contributed by atoms with Crippen LogP contribution in [0.4, 0.5) is 15.8 Å². The van der Waals surface area contributed by atoms with Crippen LogP contribution in [0.25, 0.3) is 0 Å². The van der Waals surface area contributed by atoms with E-state index in [0.717, 1.165) is 18.5 Å². The largest absolute Gasteiger partial charge is 0.322 e. The number of nitrogens with zero attached hydrogens (tertiary/aromatic N) is 1. The molecule has 1 fully saturated rings. The first-order chi connectivity index (χ1) is 11.5. The fourth-order valence-electron chi connectivity index (χ4n) is 2.77. The highest BCUT2D eigenvalue weighted by Gasteiger charge is 2.20. The van der Waals surface area contributed by atoms with E-state index in [1.165, 1.54) is 6.07 Å². The molecule has 1 aliphatic heterocycles. The lowest BCUT2D eigenvalue weighted by Crippen LogP contribution is -2.35. The van der Waals surface area contributed by atoms with Gasteiger partial charge in [0, 0.05) is 29.9 Å². The average Bonchev–Trinajstić information content (AvgIpc) is 2.58. The summed E-state index contributed by atoms with van der Waals surface area (Å²) in [5.41, 5.74) is 2.11. The number of aryl methyl sites for hydroxylation is 1. The maximum atomic E-state index is 13.6. The molecular formula is C19H19FN2O2. The highest BCUT2D eigenvalue weighted by atomic mass is 19.1. The number of anilines is 2. The number of piperidine rings is 1. The zero-order valence-electron chi connectivity index (χ0n) is 13.5. The molecule has 5 heteroatoms. The van der Waals surface area contributed by atoms with Crippen molar-refractivity contribution in [3.05, 3.63) is 59.4 Å². The molecule has 124 valence electrons. The van der Waals surface area contributed by atoms with Gasteiger partial charge in [0.2, 0.25) is 5.91 Å². The molecule has 1 saturated heterocycles. The van der Waals surface area contributed by atoms with E-state index in [0.29, 0.717) is 24.2 Å². The molecule has 0 spiro atoms. The van der Waals surface area contributed by atoms with E-state index in [9.17, 15) is 14.0 Å². The fraction of sp³-hybridized carbons (Fsp3) is 0.263. The van der Waals surface area contributed by atoms with E-state index < -0.39 is 5.82 Å². The molecular weight excluding hydrogens is 307 g/mol. The second-order valence-electron chi connectivity index (χ2n) is 5.97. The third kappa shape index (κ3) is 3.45. The number of hydrogen-bond donors (Lipinski definition) is 1. The average molecular weight is 326 g/mol. The van der Waals surface area contributed by atoms with Crippen LogP contribution in [0.3, 0.4) is 0 Å². The Labute approximate surface area is 140 Å². The van der Waals surface area contributed by atoms with Crippen molar-refractivity contribution in [3.63, 3.8) is 0 Å². The summed E-state index contributed by atoms with van der Waals surface area (Å²) < 4.78 is 13.6. The van der Waals surface area contributed by atoms with Gasteiger partial charge in [0.25, 0.3) is 5.91 Å². The standard InChI is InChI=1S/C19H19FN2O2/c1-13-8-9-14(11-17(13)20)19(24)21-15-5-4-6-16(12-15)22-10-3-2-7-18(22)23/h4-6,8-9,11-12H,2-3,7,10H2,1H3,(H,21,24). The monoisotopic (exact) mass is 326 g/mol. The maximum absolute atomic E-state index is 13.6. The van der Waals surface area contributed by atoms with Gasteiger partial charge in [-0.05, 0) is 55.7 Å². The smallest absolute Gasteiger partial charge is 0.255 e. The van der Waals surface area contributed by atoms with Gasteiger partial charge in [-0.3, -0.25) is 9.59 Å². The number of nitrogens with one attached hydrogen (secondary N) is 1. The normalized spacial score (nSPS) is 14.6. The second-order valence-corrected chi connectivity index (χ2v) is 5.97. The summed E-state index contributed by atoms with van der Waals surface area (Å²) in [5, 5.41) is 2.76. The first-order valence-corrected chi connectivity index (χ1v) is 8.02. The van der Waals surface area contributed by atoms with Gasteiger partial charge in [0.1, 0.15) is 5.82 Å². The lowest BCUT2D eigenvalue weighted by atomic mass is 10.1. The third-order valence-corrected chi connectivity index (χ3v) is 4.17. The van der Waals surface area contributed by atoms with Crippen molar-refractivity contribution < 1.29 is 14.0 Å². The van der Waals surface area contributed by atoms with E-state index in [-0.39, 0.29) is 17.4 Å². The molecule has 3 rings (SSSR count). The number of carbonyl (C=O) groups is 2. The topological polar surface area (TPSA) is 49.4 Å². The third-order valence-electron chi connectivity index (χ3n) is 4.17. The fourth-order valence-corrected chi connectivity index (χ4v) is 2.77. The Hall–Kier alpha value is -2.69. The summed E-state index contributed by atoms with van der Waals surface area (Å²) in [6, 6.07) is 11.6. The number of halogens is 1. The molecule has 0 atom stereocenters. The first-order valence-electron chi connectivity index (χ1n) is 8.02. The van der Waals surface area contributed by atoms with Crippen LogP contribution < -0.4 is 10.2 Å². The van der Waals surface area contributed by atoms with Gasteiger partial charge < -0.3 is 10.2 Å². The molecule has 0 bridgehead atoms. The molecule has 0 aliphatic carbocycles. The predicted octanol–water partition coefficient (Wildman–Crippen LogP) is 3.90. The molecule has 2 amide bonds. The SMILES string of the molecule is Cc1ccc(C(=O)Nc2cccc(N3CCCCC3=O)c2)cc1F. The molecule has 0 radical (unpaired) electrons. The summed E-state index contributed by atoms with van der Waals surface area (Å²) in [4.78, 5) is 26.0. The number of benzene rings is 2. The van der Waals surface area contributed by atoms with E-state index >= 15 is 0 Å². The van der Waals surface area contributed by atoms with Crippen molar-refractivity contribution in [2.45, 2.75) is 26.2 Å². The highest BCUT2D eigenvalue weighted by Crippen LogP contribution is 2.24. The van der Waals surface area contributed by atoms with Crippen molar-refractivity contribution in [1.29, 1.82) is 0 Å². The molecule has 1 N–H and O–H groups in total. The molecule has 1 heterocycles. The van der Waals surface area contributed by atoms with Crippen LogP contribution >= 0.6 is 0 Å².